The first-order valence-electron chi connectivity index (χ1n) is 10.3. The number of hydrogen-bond donors (Lipinski definition) is 3. The van der Waals surface area contributed by atoms with Crippen LogP contribution in [0.1, 0.15) is 33.0 Å². The van der Waals surface area contributed by atoms with E-state index >= 15 is 0 Å². The van der Waals surface area contributed by atoms with Gasteiger partial charge in [-0.3, -0.25) is 4.99 Å². The Morgan fingerprint density at radius 2 is 2.00 bits per heavy atom. The number of nitrogens with one attached hydrogen (secondary N) is 2. The van der Waals surface area contributed by atoms with E-state index < -0.39 is 0 Å². The molecule has 3 heterocycles. The molecule has 1 aliphatic rings. The van der Waals surface area contributed by atoms with E-state index in [-0.39, 0.29) is 5.75 Å². The fourth-order valence-corrected chi connectivity index (χ4v) is 2.98. The highest BCUT2D eigenvalue weighted by Crippen LogP contribution is 2.20. The van der Waals surface area contributed by atoms with Crippen molar-refractivity contribution in [3.8, 4) is 5.75 Å². The maximum atomic E-state index is 9.40. The van der Waals surface area contributed by atoms with Crippen molar-refractivity contribution < 1.29 is 5.11 Å². The molecule has 7 nitrogen and oxygen atoms in total. The van der Waals surface area contributed by atoms with Gasteiger partial charge in [0.2, 0.25) is 0 Å². The Morgan fingerprint density at radius 3 is 2.70 bits per heavy atom. The third-order valence-electron chi connectivity index (χ3n) is 4.92. The average molecular weight is 407 g/mol. The number of phenols is 1. The molecule has 1 saturated heterocycles. The van der Waals surface area contributed by atoms with Gasteiger partial charge in [-0.25, -0.2) is 9.97 Å². The summed E-state index contributed by atoms with van der Waals surface area (Å²) in [6, 6.07) is 11.1. The lowest BCUT2D eigenvalue weighted by Gasteiger charge is -2.28. The maximum Gasteiger partial charge on any atom is 0.135 e. The number of hydrogen-bond acceptors (Lipinski definition) is 6. The topological polar surface area (TPSA) is 89.4 Å². The summed E-state index contributed by atoms with van der Waals surface area (Å²) in [6.45, 7) is 10.3. The Kier molecular flexibility index (Phi) is 7.57. The number of fused-ring (bicyclic) bond motifs is 1. The van der Waals surface area contributed by atoms with Crippen LogP contribution in [0, 0.1) is 0 Å². The Labute approximate surface area is 177 Å². The van der Waals surface area contributed by atoms with Gasteiger partial charge in [0.05, 0.1) is 11.0 Å². The fourth-order valence-electron chi connectivity index (χ4n) is 2.98. The molecule has 0 radical (unpaired) electrons. The van der Waals surface area contributed by atoms with E-state index in [2.05, 4.69) is 43.2 Å². The molecule has 0 atom stereocenters. The molecule has 0 bridgehead atoms. The Morgan fingerprint density at radius 1 is 1.20 bits per heavy atom. The van der Waals surface area contributed by atoms with Gasteiger partial charge in [-0.05, 0) is 44.5 Å². The minimum absolute atomic E-state index is 0.235. The molecule has 0 amide bonds. The quantitative estimate of drug-likeness (QED) is 0.570. The Bertz CT molecular complexity index is 1000. The van der Waals surface area contributed by atoms with Crippen LogP contribution < -0.4 is 10.2 Å². The van der Waals surface area contributed by atoms with E-state index in [0.717, 1.165) is 66.6 Å². The summed E-state index contributed by atoms with van der Waals surface area (Å²) in [5, 5.41) is 12.7. The van der Waals surface area contributed by atoms with Crippen molar-refractivity contribution in [2.24, 2.45) is 4.99 Å². The number of allylic oxidation sites excluding steroid dienone is 1. The molecule has 0 unspecified atom stereocenters. The molecule has 7 heteroatoms. The average Bonchev–Trinajstić information content (AvgIpc) is 3.22. The van der Waals surface area contributed by atoms with Crippen molar-refractivity contribution in [2.45, 2.75) is 27.2 Å². The molecule has 0 spiro atoms. The highest BCUT2D eigenvalue weighted by molar-refractivity contribution is 5.83. The van der Waals surface area contributed by atoms with Crippen molar-refractivity contribution in [2.75, 3.05) is 31.1 Å². The van der Waals surface area contributed by atoms with Crippen molar-refractivity contribution in [1.82, 2.24) is 20.3 Å². The van der Waals surface area contributed by atoms with Crippen molar-refractivity contribution in [3.63, 3.8) is 0 Å². The number of H-pyrrole nitrogens is 1. The van der Waals surface area contributed by atoms with Crippen LogP contribution >= 0.6 is 0 Å². The molecular weight excluding hydrogens is 376 g/mol. The summed E-state index contributed by atoms with van der Waals surface area (Å²) in [7, 11) is 0. The number of aliphatic imine (C=N–C) groups is 1. The highest BCUT2D eigenvalue weighted by atomic mass is 16.3. The van der Waals surface area contributed by atoms with E-state index in [4.69, 9.17) is 0 Å². The second-order valence-corrected chi connectivity index (χ2v) is 7.24. The smallest absolute Gasteiger partial charge is 0.135 e. The molecule has 4 rings (SSSR count). The summed E-state index contributed by atoms with van der Waals surface area (Å²) in [6.07, 6.45) is 4.60. The number of nitrogens with zero attached hydrogens (tertiary/aromatic N) is 4. The number of benzene rings is 1. The van der Waals surface area contributed by atoms with Crippen LogP contribution in [-0.2, 0) is 0 Å². The van der Waals surface area contributed by atoms with Crippen LogP contribution in [0.2, 0.25) is 0 Å². The van der Waals surface area contributed by atoms with Crippen LogP contribution in [0.15, 0.2) is 53.8 Å². The van der Waals surface area contributed by atoms with Crippen LogP contribution in [0.25, 0.3) is 16.6 Å². The largest absolute Gasteiger partial charge is 0.508 e. The molecule has 1 fully saturated rings. The summed E-state index contributed by atoms with van der Waals surface area (Å²) >= 11 is 0. The van der Waals surface area contributed by atoms with E-state index in [0.29, 0.717) is 0 Å². The van der Waals surface area contributed by atoms with Crippen LogP contribution in [0.3, 0.4) is 0 Å². The number of rotatable bonds is 4. The summed E-state index contributed by atoms with van der Waals surface area (Å²) in [5.41, 5.74) is 3.72. The first-order valence-corrected chi connectivity index (χ1v) is 10.3. The SMILES string of the molecule is CCC(C)=N/C=C(\C)c1nc2ccc(O)cc2[nH]1.c1ccc(N2CCNCC2)nc1. The molecule has 158 valence electrons. The van der Waals surface area contributed by atoms with Gasteiger partial charge in [-0.1, -0.05) is 13.0 Å². The first kappa shape index (κ1) is 21.5. The zero-order valence-electron chi connectivity index (χ0n) is 17.9. The molecule has 0 aliphatic carbocycles. The summed E-state index contributed by atoms with van der Waals surface area (Å²) in [4.78, 5) is 18.6. The normalized spacial score (nSPS) is 15.1. The molecule has 1 aliphatic heterocycles. The van der Waals surface area contributed by atoms with Gasteiger partial charge in [-0.15, -0.1) is 0 Å². The van der Waals surface area contributed by atoms with E-state index in [1.165, 1.54) is 0 Å². The predicted octanol–water partition coefficient (Wildman–Crippen LogP) is 3.99. The highest BCUT2D eigenvalue weighted by Gasteiger charge is 2.09. The van der Waals surface area contributed by atoms with Gasteiger partial charge in [0.15, 0.2) is 0 Å². The Hall–Kier alpha value is -3.19. The summed E-state index contributed by atoms with van der Waals surface area (Å²) in [5.74, 6) is 2.11. The van der Waals surface area contributed by atoms with Gasteiger partial charge in [-0.2, -0.15) is 0 Å². The van der Waals surface area contributed by atoms with Crippen molar-refractivity contribution in [3.05, 3.63) is 54.6 Å². The third-order valence-corrected chi connectivity index (χ3v) is 4.92. The number of piperazine rings is 1. The summed E-state index contributed by atoms with van der Waals surface area (Å²) < 4.78 is 0. The lowest BCUT2D eigenvalue weighted by Crippen LogP contribution is -2.43. The van der Waals surface area contributed by atoms with Crippen LogP contribution in [0.5, 0.6) is 5.75 Å². The molecule has 3 aromatic rings. The molecule has 2 aromatic heterocycles. The number of aromatic nitrogens is 3. The van der Waals surface area contributed by atoms with E-state index in [1.807, 2.05) is 38.4 Å². The maximum absolute atomic E-state index is 9.40. The standard InChI is InChI=1S/C14H17N3O.C9H13N3/c1-4-10(3)15-8-9(2)14-16-12-6-5-11(18)7-13(12)17-14;1-2-4-11-9(3-1)12-7-5-10-6-8-12/h5-8,18H,4H2,1-3H3,(H,16,17);1-4,10H,5-8H2/b9-8+,15-10?;. The Balaban J connectivity index is 0.000000184. The number of pyridine rings is 1. The minimum Gasteiger partial charge on any atom is -0.508 e. The van der Waals surface area contributed by atoms with Gasteiger partial charge in [0.25, 0.3) is 0 Å². The molecule has 3 N–H and O–H groups in total. The van der Waals surface area contributed by atoms with Gasteiger partial charge in [0, 0.05) is 55.9 Å². The molecule has 1 aromatic carbocycles. The molecule has 30 heavy (non-hydrogen) atoms. The van der Waals surface area contributed by atoms with Crippen LogP contribution in [0.4, 0.5) is 5.82 Å². The molecular formula is C23H30N6O. The monoisotopic (exact) mass is 406 g/mol. The van der Waals surface area contributed by atoms with Gasteiger partial charge < -0.3 is 20.3 Å². The minimum atomic E-state index is 0.235. The lowest BCUT2D eigenvalue weighted by atomic mass is 10.3. The first-order chi connectivity index (χ1) is 14.6. The number of aromatic hydroxyl groups is 1. The fraction of sp³-hybridized carbons (Fsp3) is 0.348. The van der Waals surface area contributed by atoms with Crippen LogP contribution in [-0.4, -0.2) is 51.9 Å². The second-order valence-electron chi connectivity index (χ2n) is 7.24. The lowest BCUT2D eigenvalue weighted by molar-refractivity contribution is 0.476. The van der Waals surface area contributed by atoms with Gasteiger partial charge >= 0.3 is 0 Å². The second kappa shape index (κ2) is 10.5. The number of phenolic OH excluding ortho intramolecular Hbond substituents is 1. The van der Waals surface area contributed by atoms with Crippen molar-refractivity contribution >= 4 is 28.1 Å². The predicted molar refractivity (Wildman–Crippen MR) is 124 cm³/mol. The van der Waals surface area contributed by atoms with Gasteiger partial charge in [0.1, 0.15) is 17.4 Å². The van der Waals surface area contributed by atoms with Crippen molar-refractivity contribution in [1.29, 1.82) is 0 Å². The van der Waals surface area contributed by atoms with E-state index in [1.54, 1.807) is 18.2 Å². The number of anilines is 1. The zero-order valence-corrected chi connectivity index (χ0v) is 17.9. The zero-order chi connectivity index (χ0) is 21.3. The number of aromatic amines is 1. The number of imidazole rings is 1. The third kappa shape index (κ3) is 5.90. The van der Waals surface area contributed by atoms with E-state index in [9.17, 15) is 5.11 Å². The molecule has 0 saturated carbocycles.